The van der Waals surface area contributed by atoms with Crippen LogP contribution in [0.4, 0.5) is 23.1 Å². The summed E-state index contributed by atoms with van der Waals surface area (Å²) in [6, 6.07) is 9.58. The van der Waals surface area contributed by atoms with Gasteiger partial charge < -0.3 is 31.5 Å². The van der Waals surface area contributed by atoms with Gasteiger partial charge in [-0.1, -0.05) is 35.5 Å². The van der Waals surface area contributed by atoms with Crippen LogP contribution in [-0.2, 0) is 9.59 Å². The fourth-order valence-corrected chi connectivity index (χ4v) is 9.07. The first kappa shape index (κ1) is 36.7. The Morgan fingerprint density at radius 1 is 0.904 bits per heavy atom. The second kappa shape index (κ2) is 16.2. The van der Waals surface area contributed by atoms with Crippen LogP contribution in [-0.4, -0.2) is 89.6 Å². The van der Waals surface area contributed by atoms with Crippen LogP contribution in [0.3, 0.4) is 0 Å². The number of likely N-dealkylation sites (tertiary alicyclic amines) is 1. The minimum absolute atomic E-state index is 0.112. The van der Waals surface area contributed by atoms with Crippen molar-refractivity contribution in [2.45, 2.75) is 79.7 Å². The zero-order valence-electron chi connectivity index (χ0n) is 30.0. The maximum atomic E-state index is 12.2. The van der Waals surface area contributed by atoms with Crippen LogP contribution in [0.2, 0.25) is 5.02 Å². The molecular weight excluding hydrogens is 696 g/mol. The van der Waals surface area contributed by atoms with Crippen molar-refractivity contribution in [3.8, 4) is 0 Å². The van der Waals surface area contributed by atoms with E-state index >= 15 is 0 Å². The zero-order valence-corrected chi connectivity index (χ0v) is 31.6. The van der Waals surface area contributed by atoms with Crippen molar-refractivity contribution in [2.24, 2.45) is 11.8 Å². The molecule has 278 valence electrons. The molecule has 12 nitrogen and oxygen atoms in total. The van der Waals surface area contributed by atoms with E-state index in [4.69, 9.17) is 33.0 Å². The molecule has 4 saturated heterocycles. The average Bonchev–Trinajstić information content (AvgIpc) is 3.15. The monoisotopic (exact) mass is 746 g/mol. The van der Waals surface area contributed by atoms with Gasteiger partial charge in [0.05, 0.1) is 22.8 Å². The number of anilines is 4. The predicted molar refractivity (Wildman–Crippen MR) is 208 cm³/mol. The molecule has 2 amide bonds. The zero-order chi connectivity index (χ0) is 36.2. The number of carbonyl (C=O) groups excluding carboxylic acids is 2. The first-order chi connectivity index (χ1) is 25.1. The van der Waals surface area contributed by atoms with E-state index in [0.29, 0.717) is 40.3 Å². The molecule has 2 aromatic heterocycles. The summed E-state index contributed by atoms with van der Waals surface area (Å²) in [5.41, 5.74) is 13.8. The van der Waals surface area contributed by atoms with E-state index in [1.165, 1.54) is 57.1 Å². The summed E-state index contributed by atoms with van der Waals surface area (Å²) < 4.78 is 0. The average molecular weight is 747 g/mol. The maximum Gasteiger partial charge on any atom is 0.234 e. The van der Waals surface area contributed by atoms with Gasteiger partial charge in [0.25, 0.3) is 0 Å². The first-order valence-electron chi connectivity index (χ1n) is 18.7. The number of aromatic nitrogens is 3. The van der Waals surface area contributed by atoms with Crippen LogP contribution in [0.15, 0.2) is 52.6 Å². The third-order valence-electron chi connectivity index (χ3n) is 11.5. The lowest BCUT2D eigenvalue weighted by Gasteiger charge is -2.42. The summed E-state index contributed by atoms with van der Waals surface area (Å²) in [6.07, 6.45) is 11.5. The molecule has 4 fully saturated rings. The molecule has 1 atom stereocenters. The number of benzene rings is 1. The quantitative estimate of drug-likeness (QED) is 0.164. The number of hydrogen-bond acceptors (Lipinski definition) is 12. The summed E-state index contributed by atoms with van der Waals surface area (Å²) in [7, 11) is 0. The van der Waals surface area contributed by atoms with Gasteiger partial charge in [-0.2, -0.15) is 0 Å². The van der Waals surface area contributed by atoms with Crippen molar-refractivity contribution in [1.29, 1.82) is 0 Å². The summed E-state index contributed by atoms with van der Waals surface area (Å²) in [5, 5.41) is 7.54. The van der Waals surface area contributed by atoms with Gasteiger partial charge in [0.1, 0.15) is 16.7 Å². The number of rotatable bonds is 10. The molecule has 0 aliphatic carbocycles. The van der Waals surface area contributed by atoms with Gasteiger partial charge in [-0.15, -0.1) is 0 Å². The molecule has 3 aromatic rings. The summed E-state index contributed by atoms with van der Waals surface area (Å²) in [5.74, 6) is 2.94. The van der Waals surface area contributed by atoms with Crippen LogP contribution < -0.4 is 31.9 Å². The highest BCUT2D eigenvalue weighted by molar-refractivity contribution is 7.99. The van der Waals surface area contributed by atoms with E-state index in [2.05, 4.69) is 37.2 Å². The highest BCUT2D eigenvalue weighted by Gasteiger charge is 2.33. The number of piperidine rings is 4. The molecular formula is C38H51ClN10O2S. The SMILES string of the molecule is CC1(NCC2CCN(CC3CCN(c4ccc(C5CCC(=O)NC5=O)cn4)CC3)CC2)CCN(c2cnc(Sc3cccc(N)c3Cl)c(N)n2)CC1. The number of nitrogens with two attached hydrogens (primary N) is 2. The maximum absolute atomic E-state index is 12.2. The van der Waals surface area contributed by atoms with Crippen molar-refractivity contribution in [1.82, 2.24) is 30.5 Å². The van der Waals surface area contributed by atoms with Gasteiger partial charge in [0.15, 0.2) is 5.82 Å². The molecule has 4 aliphatic rings. The third-order valence-corrected chi connectivity index (χ3v) is 13.1. The molecule has 6 N–H and O–H groups in total. The van der Waals surface area contributed by atoms with E-state index < -0.39 is 0 Å². The number of carbonyl (C=O) groups is 2. The molecule has 0 saturated carbocycles. The van der Waals surface area contributed by atoms with Crippen molar-refractivity contribution < 1.29 is 9.59 Å². The number of amides is 2. The van der Waals surface area contributed by atoms with E-state index in [9.17, 15) is 9.59 Å². The van der Waals surface area contributed by atoms with E-state index in [1.54, 1.807) is 6.07 Å². The lowest BCUT2D eigenvalue weighted by Crippen LogP contribution is -2.53. The van der Waals surface area contributed by atoms with E-state index in [1.807, 2.05) is 36.7 Å². The minimum atomic E-state index is -0.286. The van der Waals surface area contributed by atoms with Crippen molar-refractivity contribution >= 4 is 58.3 Å². The molecule has 52 heavy (non-hydrogen) atoms. The molecule has 0 spiro atoms. The van der Waals surface area contributed by atoms with Gasteiger partial charge in [-0.05, 0) is 107 Å². The number of hydrogen-bond donors (Lipinski definition) is 4. The summed E-state index contributed by atoms with van der Waals surface area (Å²) in [6.45, 7) is 10.8. The highest BCUT2D eigenvalue weighted by Crippen LogP contribution is 2.38. The molecule has 0 radical (unpaired) electrons. The molecule has 6 heterocycles. The number of pyridine rings is 1. The molecule has 1 aromatic carbocycles. The Bertz CT molecular complexity index is 1720. The van der Waals surface area contributed by atoms with Gasteiger partial charge in [-0.25, -0.2) is 15.0 Å². The van der Waals surface area contributed by atoms with E-state index in [-0.39, 0.29) is 23.3 Å². The standard InChI is InChI=1S/C38H51ClN10O2S/c1-38(13-19-49(20-14-38)32-23-43-37(35(41)45-32)52-30-4-2-3-29(40)34(30)39)44-21-25-9-15-47(16-10-25)24-26-11-17-48(18-12-26)31-7-5-27(22-42-31)28-6-8-33(50)46-36(28)51/h2-5,7,22-23,25-26,28,44H,6,8-21,24,40H2,1H3,(H2,41,45)(H,46,50,51). The number of nitrogens with one attached hydrogen (secondary N) is 2. The minimum Gasteiger partial charge on any atom is -0.397 e. The number of nitrogen functional groups attached to an aromatic ring is 2. The van der Waals surface area contributed by atoms with Gasteiger partial charge in [-0.3, -0.25) is 14.9 Å². The largest absolute Gasteiger partial charge is 0.397 e. The predicted octanol–water partition coefficient (Wildman–Crippen LogP) is 4.94. The fraction of sp³-hybridized carbons (Fsp3) is 0.553. The van der Waals surface area contributed by atoms with Crippen molar-refractivity contribution in [3.63, 3.8) is 0 Å². The highest BCUT2D eigenvalue weighted by atomic mass is 35.5. The van der Waals surface area contributed by atoms with Gasteiger partial charge >= 0.3 is 0 Å². The van der Waals surface area contributed by atoms with Gasteiger partial charge in [0.2, 0.25) is 11.8 Å². The Morgan fingerprint density at radius 2 is 1.63 bits per heavy atom. The van der Waals surface area contributed by atoms with Crippen molar-refractivity contribution in [2.75, 3.05) is 73.6 Å². The van der Waals surface area contributed by atoms with Gasteiger partial charge in [0, 0.05) is 55.8 Å². The number of halogens is 1. The number of nitrogens with zero attached hydrogens (tertiary/aromatic N) is 6. The molecule has 4 aliphatic heterocycles. The topological polar surface area (TPSA) is 159 Å². The van der Waals surface area contributed by atoms with Crippen LogP contribution >= 0.6 is 23.4 Å². The van der Waals surface area contributed by atoms with Crippen LogP contribution in [0, 0.1) is 11.8 Å². The van der Waals surface area contributed by atoms with Crippen LogP contribution in [0.1, 0.15) is 69.8 Å². The molecule has 1 unspecified atom stereocenters. The summed E-state index contributed by atoms with van der Waals surface area (Å²) >= 11 is 7.75. The second-order valence-corrected chi connectivity index (χ2v) is 16.6. The Balaban J connectivity index is 0.797. The van der Waals surface area contributed by atoms with Crippen LogP contribution in [0.25, 0.3) is 0 Å². The fourth-order valence-electron chi connectivity index (χ4n) is 8.01. The Hall–Kier alpha value is -3.65. The normalized spacial score (nSPS) is 22.1. The third kappa shape index (κ3) is 8.75. The first-order valence-corrected chi connectivity index (χ1v) is 19.9. The molecule has 0 bridgehead atoms. The molecule has 7 rings (SSSR count). The Kier molecular flexibility index (Phi) is 11.4. The smallest absolute Gasteiger partial charge is 0.234 e. The van der Waals surface area contributed by atoms with Crippen LogP contribution in [0.5, 0.6) is 0 Å². The Morgan fingerprint density at radius 3 is 2.33 bits per heavy atom. The number of imide groups is 1. The molecule has 14 heteroatoms. The Labute approximate surface area is 315 Å². The van der Waals surface area contributed by atoms with E-state index in [0.717, 1.165) is 73.6 Å². The summed E-state index contributed by atoms with van der Waals surface area (Å²) in [4.78, 5) is 45.9. The second-order valence-electron chi connectivity index (χ2n) is 15.2. The lowest BCUT2D eigenvalue weighted by atomic mass is 9.87. The lowest BCUT2D eigenvalue weighted by molar-refractivity contribution is -0.134. The van der Waals surface area contributed by atoms with Crippen molar-refractivity contribution in [3.05, 3.63) is 53.3 Å².